The van der Waals surface area contributed by atoms with Crippen molar-refractivity contribution in [3.63, 3.8) is 0 Å². The quantitative estimate of drug-likeness (QED) is 0.712. The highest BCUT2D eigenvalue weighted by Gasteiger charge is 2.30. The molecule has 1 atom stereocenters. The number of piperidine rings is 1. The van der Waals surface area contributed by atoms with Crippen LogP contribution < -0.4 is 5.32 Å². The Balaban J connectivity index is 1.45. The molecule has 4 rings (SSSR count). The van der Waals surface area contributed by atoms with Gasteiger partial charge in [0.15, 0.2) is 0 Å². The maximum Gasteiger partial charge on any atom is 0.341 e. The second-order valence-corrected chi connectivity index (χ2v) is 9.56. The van der Waals surface area contributed by atoms with E-state index in [1.807, 2.05) is 0 Å². The highest BCUT2D eigenvalue weighted by molar-refractivity contribution is 7.17. The Morgan fingerprint density at radius 2 is 1.93 bits per heavy atom. The molecule has 5 nitrogen and oxygen atoms in total. The molecule has 2 aliphatic rings. The zero-order valence-electron chi connectivity index (χ0n) is 17.8. The molecule has 0 saturated carbocycles. The summed E-state index contributed by atoms with van der Waals surface area (Å²) < 4.78 is 5.03. The summed E-state index contributed by atoms with van der Waals surface area (Å²) in [5.74, 6) is -0.379. The highest BCUT2D eigenvalue weighted by Crippen LogP contribution is 2.39. The molecular weight excluding hydrogens is 396 g/mol. The molecule has 2 heterocycles. The van der Waals surface area contributed by atoms with E-state index >= 15 is 0 Å². The highest BCUT2D eigenvalue weighted by atomic mass is 32.1. The number of fused-ring (bicyclic) bond motifs is 1. The fourth-order valence-electron chi connectivity index (χ4n) is 4.55. The Kier molecular flexibility index (Phi) is 6.54. The Labute approximate surface area is 182 Å². The molecule has 1 fully saturated rings. The Morgan fingerprint density at radius 3 is 2.70 bits per heavy atom. The number of amides is 1. The number of nitrogens with zero attached hydrogens (tertiary/aromatic N) is 1. The molecule has 30 heavy (non-hydrogen) atoms. The van der Waals surface area contributed by atoms with Crippen LogP contribution in [0, 0.1) is 12.8 Å². The third kappa shape index (κ3) is 4.60. The van der Waals surface area contributed by atoms with Crippen LogP contribution in [0.25, 0.3) is 0 Å². The Bertz CT molecular complexity index is 919. The first kappa shape index (κ1) is 21.1. The molecule has 0 spiro atoms. The summed E-state index contributed by atoms with van der Waals surface area (Å²) in [5.41, 5.74) is 4.20. The van der Waals surface area contributed by atoms with E-state index in [-0.39, 0.29) is 17.8 Å². The van der Waals surface area contributed by atoms with E-state index in [9.17, 15) is 9.59 Å². The van der Waals surface area contributed by atoms with Crippen molar-refractivity contribution >= 4 is 28.2 Å². The Morgan fingerprint density at radius 1 is 1.17 bits per heavy atom. The number of rotatable bonds is 5. The zero-order valence-corrected chi connectivity index (χ0v) is 18.6. The molecule has 1 unspecified atom stereocenters. The number of likely N-dealkylation sites (tertiary alicyclic amines) is 1. The van der Waals surface area contributed by atoms with Crippen molar-refractivity contribution < 1.29 is 14.3 Å². The third-order valence-electron chi connectivity index (χ3n) is 6.20. The Hall–Kier alpha value is -2.18. The summed E-state index contributed by atoms with van der Waals surface area (Å²) in [6.45, 7) is 4.72. The monoisotopic (exact) mass is 426 g/mol. The van der Waals surface area contributed by atoms with Crippen molar-refractivity contribution in [2.45, 2.75) is 52.0 Å². The van der Waals surface area contributed by atoms with Crippen molar-refractivity contribution in [3.05, 3.63) is 51.4 Å². The van der Waals surface area contributed by atoms with E-state index in [4.69, 9.17) is 4.74 Å². The van der Waals surface area contributed by atoms with Crippen molar-refractivity contribution in [1.29, 1.82) is 0 Å². The van der Waals surface area contributed by atoms with E-state index in [0.717, 1.165) is 63.7 Å². The fourth-order valence-corrected chi connectivity index (χ4v) is 5.83. The summed E-state index contributed by atoms with van der Waals surface area (Å²) in [6, 6.07) is 8.60. The van der Waals surface area contributed by atoms with Gasteiger partial charge < -0.3 is 10.1 Å². The van der Waals surface area contributed by atoms with E-state index < -0.39 is 0 Å². The SMILES string of the molecule is COC(=O)c1c(NC(=O)C2CCCN(Cc3ccc(C)cc3)C2)sc2c1CCCC2. The van der Waals surface area contributed by atoms with Crippen LogP contribution in [0.3, 0.4) is 0 Å². The van der Waals surface area contributed by atoms with Gasteiger partial charge in [-0.1, -0.05) is 29.8 Å². The van der Waals surface area contributed by atoms with Gasteiger partial charge in [0.25, 0.3) is 0 Å². The van der Waals surface area contributed by atoms with Gasteiger partial charge in [-0.3, -0.25) is 9.69 Å². The number of methoxy groups -OCH3 is 1. The first-order valence-corrected chi connectivity index (χ1v) is 11.7. The minimum absolute atomic E-state index is 0.0207. The minimum Gasteiger partial charge on any atom is -0.465 e. The molecule has 1 aliphatic heterocycles. The van der Waals surface area contributed by atoms with Gasteiger partial charge >= 0.3 is 5.97 Å². The summed E-state index contributed by atoms with van der Waals surface area (Å²) in [5, 5.41) is 3.77. The number of carbonyl (C=O) groups excluding carboxylic acids is 2. The first-order valence-electron chi connectivity index (χ1n) is 10.9. The lowest BCUT2D eigenvalue weighted by Crippen LogP contribution is -2.40. The van der Waals surface area contributed by atoms with E-state index in [1.54, 1.807) is 11.3 Å². The van der Waals surface area contributed by atoms with Crippen LogP contribution in [-0.4, -0.2) is 37.0 Å². The number of carbonyl (C=O) groups is 2. The second kappa shape index (κ2) is 9.31. The average molecular weight is 427 g/mol. The largest absolute Gasteiger partial charge is 0.465 e. The van der Waals surface area contributed by atoms with Crippen molar-refractivity contribution in [2.75, 3.05) is 25.5 Å². The van der Waals surface area contributed by atoms with Gasteiger partial charge in [0.05, 0.1) is 18.6 Å². The van der Waals surface area contributed by atoms with Crippen LogP contribution in [0.1, 0.15) is 57.6 Å². The molecule has 0 bridgehead atoms. The molecule has 160 valence electrons. The summed E-state index contributed by atoms with van der Waals surface area (Å²) in [6.07, 6.45) is 5.98. The molecule has 1 N–H and O–H groups in total. The smallest absolute Gasteiger partial charge is 0.341 e. The molecular formula is C24H30N2O3S. The van der Waals surface area contributed by atoms with Crippen molar-refractivity contribution in [3.8, 4) is 0 Å². The van der Waals surface area contributed by atoms with Crippen LogP contribution in [0.2, 0.25) is 0 Å². The van der Waals surface area contributed by atoms with Crippen LogP contribution in [-0.2, 0) is 28.9 Å². The van der Waals surface area contributed by atoms with E-state index in [0.29, 0.717) is 10.6 Å². The molecule has 0 radical (unpaired) electrons. The molecule has 1 aromatic carbocycles. The van der Waals surface area contributed by atoms with E-state index in [2.05, 4.69) is 41.4 Å². The summed E-state index contributed by atoms with van der Waals surface area (Å²) in [4.78, 5) is 29.1. The number of benzene rings is 1. The second-order valence-electron chi connectivity index (χ2n) is 8.46. The topological polar surface area (TPSA) is 58.6 Å². The van der Waals surface area contributed by atoms with Gasteiger partial charge in [-0.25, -0.2) is 4.79 Å². The number of thiophene rings is 1. The van der Waals surface area contributed by atoms with Crippen LogP contribution in [0.4, 0.5) is 5.00 Å². The van der Waals surface area contributed by atoms with Gasteiger partial charge in [-0.15, -0.1) is 11.3 Å². The maximum absolute atomic E-state index is 13.1. The number of aryl methyl sites for hydroxylation is 2. The number of esters is 1. The van der Waals surface area contributed by atoms with Crippen LogP contribution in [0.15, 0.2) is 24.3 Å². The van der Waals surface area contributed by atoms with Gasteiger partial charge in [0.1, 0.15) is 5.00 Å². The average Bonchev–Trinajstić information content (AvgIpc) is 3.13. The molecule has 1 amide bonds. The van der Waals surface area contributed by atoms with Crippen molar-refractivity contribution in [1.82, 2.24) is 4.90 Å². The third-order valence-corrected chi connectivity index (χ3v) is 7.41. The number of ether oxygens (including phenoxy) is 1. The van der Waals surface area contributed by atoms with Crippen molar-refractivity contribution in [2.24, 2.45) is 5.92 Å². The molecule has 1 aliphatic carbocycles. The lowest BCUT2D eigenvalue weighted by atomic mass is 9.95. The van der Waals surface area contributed by atoms with Gasteiger partial charge in [-0.2, -0.15) is 0 Å². The van der Waals surface area contributed by atoms with Gasteiger partial charge in [-0.05, 0) is 63.1 Å². The standard InChI is InChI=1S/C24H30N2O3S/c1-16-9-11-17(12-10-16)14-26-13-5-6-18(15-26)22(27)25-23-21(24(28)29-2)19-7-3-4-8-20(19)30-23/h9-12,18H,3-8,13-15H2,1-2H3,(H,25,27). The maximum atomic E-state index is 13.1. The molecule has 1 saturated heterocycles. The number of hydrogen-bond acceptors (Lipinski definition) is 5. The molecule has 2 aromatic rings. The van der Waals surface area contributed by atoms with Crippen LogP contribution >= 0.6 is 11.3 Å². The number of hydrogen-bond donors (Lipinski definition) is 1. The summed E-state index contributed by atoms with van der Waals surface area (Å²) in [7, 11) is 1.41. The number of anilines is 1. The van der Waals surface area contributed by atoms with E-state index in [1.165, 1.54) is 23.1 Å². The summed E-state index contributed by atoms with van der Waals surface area (Å²) >= 11 is 1.56. The minimum atomic E-state index is -0.339. The predicted molar refractivity (Wildman–Crippen MR) is 120 cm³/mol. The first-order chi connectivity index (χ1) is 14.5. The normalized spacial score (nSPS) is 19.2. The molecule has 6 heteroatoms. The lowest BCUT2D eigenvalue weighted by molar-refractivity contribution is -0.121. The zero-order chi connectivity index (χ0) is 21.1. The number of nitrogens with one attached hydrogen (secondary N) is 1. The van der Waals surface area contributed by atoms with Crippen LogP contribution in [0.5, 0.6) is 0 Å². The lowest BCUT2D eigenvalue weighted by Gasteiger charge is -2.32. The predicted octanol–water partition coefficient (Wildman–Crippen LogP) is 4.57. The molecule has 1 aromatic heterocycles. The van der Waals surface area contributed by atoms with Gasteiger partial charge in [0, 0.05) is 18.0 Å². The van der Waals surface area contributed by atoms with Gasteiger partial charge in [0.2, 0.25) is 5.91 Å². The fraction of sp³-hybridized carbons (Fsp3) is 0.500.